The predicted octanol–water partition coefficient (Wildman–Crippen LogP) is 6.26. The van der Waals surface area contributed by atoms with Crippen LogP contribution in [0.25, 0.3) is 0 Å². The minimum Gasteiger partial charge on any atom is -0.508 e. The minimum absolute atomic E-state index is 0.0669. The summed E-state index contributed by atoms with van der Waals surface area (Å²) < 4.78 is 0. The molecule has 136 valence electrons. The van der Waals surface area contributed by atoms with Gasteiger partial charge in [-0.3, -0.25) is 0 Å². The van der Waals surface area contributed by atoms with Crippen LogP contribution in [0.2, 0.25) is 0 Å². The van der Waals surface area contributed by atoms with Gasteiger partial charge in [-0.1, -0.05) is 58.9 Å². The summed E-state index contributed by atoms with van der Waals surface area (Å²) in [6.45, 7) is 11.0. The highest BCUT2D eigenvalue weighted by Crippen LogP contribution is 2.53. The van der Waals surface area contributed by atoms with E-state index in [-0.39, 0.29) is 10.8 Å². The molecule has 2 nitrogen and oxygen atoms in total. The Hall–Kier alpha value is -1.96. The molecule has 1 aliphatic carbocycles. The first-order valence-electron chi connectivity index (χ1n) is 9.40. The Morgan fingerprint density at radius 2 is 1.16 bits per heavy atom. The summed E-state index contributed by atoms with van der Waals surface area (Å²) in [5.41, 5.74) is 2.69. The molecule has 2 aromatic rings. The van der Waals surface area contributed by atoms with Gasteiger partial charge in [0.25, 0.3) is 0 Å². The van der Waals surface area contributed by atoms with Crippen molar-refractivity contribution in [2.24, 2.45) is 11.3 Å². The SMILES string of the molecule is CC.CC1CC(C)(C)CC(c2ccc(O)cc2)(c2ccc(O)cc2)C1. The second kappa shape index (κ2) is 7.51. The highest BCUT2D eigenvalue weighted by atomic mass is 16.3. The first-order chi connectivity index (χ1) is 11.8. The minimum atomic E-state index is -0.0669. The summed E-state index contributed by atoms with van der Waals surface area (Å²) >= 11 is 0. The molecule has 0 spiro atoms. The number of rotatable bonds is 2. The second-order valence-corrected chi connectivity index (χ2v) is 8.03. The van der Waals surface area contributed by atoms with Crippen molar-refractivity contribution in [1.82, 2.24) is 0 Å². The molecule has 0 saturated heterocycles. The van der Waals surface area contributed by atoms with Gasteiger partial charge in [-0.25, -0.2) is 0 Å². The van der Waals surface area contributed by atoms with Crippen molar-refractivity contribution in [3.05, 3.63) is 59.7 Å². The molecular weight excluding hydrogens is 308 g/mol. The molecule has 25 heavy (non-hydrogen) atoms. The third-order valence-electron chi connectivity index (χ3n) is 5.22. The van der Waals surface area contributed by atoms with Gasteiger partial charge in [-0.2, -0.15) is 0 Å². The van der Waals surface area contributed by atoms with Crippen LogP contribution in [0, 0.1) is 11.3 Å². The van der Waals surface area contributed by atoms with Crippen LogP contribution in [-0.4, -0.2) is 10.2 Å². The summed E-state index contributed by atoms with van der Waals surface area (Å²) in [5.74, 6) is 1.23. The van der Waals surface area contributed by atoms with E-state index in [4.69, 9.17) is 0 Å². The zero-order valence-electron chi connectivity index (χ0n) is 16.2. The lowest BCUT2D eigenvalue weighted by atomic mass is 9.55. The van der Waals surface area contributed by atoms with E-state index in [1.165, 1.54) is 17.5 Å². The van der Waals surface area contributed by atoms with Gasteiger partial charge in [-0.15, -0.1) is 0 Å². The number of aromatic hydroxyl groups is 2. The maximum Gasteiger partial charge on any atom is 0.115 e. The highest BCUT2D eigenvalue weighted by Gasteiger charge is 2.45. The summed E-state index contributed by atoms with van der Waals surface area (Å²) in [5, 5.41) is 19.3. The van der Waals surface area contributed by atoms with Crippen LogP contribution in [0.1, 0.15) is 65.0 Å². The fourth-order valence-electron chi connectivity index (χ4n) is 4.74. The zero-order chi connectivity index (χ0) is 18.7. The molecule has 3 rings (SSSR count). The molecule has 1 saturated carbocycles. The van der Waals surface area contributed by atoms with E-state index in [2.05, 4.69) is 45.0 Å². The summed E-state index contributed by atoms with van der Waals surface area (Å²) in [7, 11) is 0. The lowest BCUT2D eigenvalue weighted by Gasteiger charge is -2.48. The smallest absolute Gasteiger partial charge is 0.115 e. The van der Waals surface area contributed by atoms with Crippen LogP contribution < -0.4 is 0 Å². The first-order valence-corrected chi connectivity index (χ1v) is 9.40. The largest absolute Gasteiger partial charge is 0.508 e. The molecule has 2 heteroatoms. The van der Waals surface area contributed by atoms with Gasteiger partial charge >= 0.3 is 0 Å². The molecule has 0 amide bonds. The molecule has 0 aromatic heterocycles. The summed E-state index contributed by atoms with van der Waals surface area (Å²) in [6, 6.07) is 15.3. The normalized spacial score (nSPS) is 21.1. The molecular formula is C23H32O2. The Labute approximate surface area is 152 Å². The van der Waals surface area contributed by atoms with Crippen molar-refractivity contribution in [2.45, 2.75) is 59.3 Å². The molecule has 0 aliphatic heterocycles. The monoisotopic (exact) mass is 340 g/mol. The molecule has 2 aromatic carbocycles. The number of benzene rings is 2. The lowest BCUT2D eigenvalue weighted by molar-refractivity contribution is 0.127. The van der Waals surface area contributed by atoms with E-state index in [0.717, 1.165) is 12.8 Å². The van der Waals surface area contributed by atoms with Gasteiger partial charge in [-0.05, 0) is 66.0 Å². The van der Waals surface area contributed by atoms with Crippen molar-refractivity contribution in [3.63, 3.8) is 0 Å². The number of phenols is 2. The Balaban J connectivity index is 0.00000109. The maximum atomic E-state index is 9.67. The fraction of sp³-hybridized carbons (Fsp3) is 0.478. The second-order valence-electron chi connectivity index (χ2n) is 8.03. The van der Waals surface area contributed by atoms with Gasteiger partial charge < -0.3 is 10.2 Å². The third kappa shape index (κ3) is 4.18. The van der Waals surface area contributed by atoms with Crippen molar-refractivity contribution < 1.29 is 10.2 Å². The van der Waals surface area contributed by atoms with Crippen molar-refractivity contribution in [1.29, 1.82) is 0 Å². The van der Waals surface area contributed by atoms with Gasteiger partial charge in [0.15, 0.2) is 0 Å². The quantitative estimate of drug-likeness (QED) is 0.677. The zero-order valence-corrected chi connectivity index (χ0v) is 16.2. The molecule has 0 heterocycles. The average Bonchev–Trinajstić information content (AvgIpc) is 2.56. The van der Waals surface area contributed by atoms with Crippen molar-refractivity contribution >= 4 is 0 Å². The molecule has 1 fully saturated rings. The van der Waals surface area contributed by atoms with Gasteiger partial charge in [0.1, 0.15) is 11.5 Å². The van der Waals surface area contributed by atoms with Crippen LogP contribution in [0.15, 0.2) is 48.5 Å². The topological polar surface area (TPSA) is 40.5 Å². The van der Waals surface area contributed by atoms with Crippen LogP contribution in [0.4, 0.5) is 0 Å². The summed E-state index contributed by atoms with van der Waals surface area (Å²) in [4.78, 5) is 0. The van der Waals surface area contributed by atoms with E-state index in [1.807, 2.05) is 13.8 Å². The van der Waals surface area contributed by atoms with Crippen LogP contribution in [0.3, 0.4) is 0 Å². The van der Waals surface area contributed by atoms with Gasteiger partial charge in [0.2, 0.25) is 0 Å². The van der Waals surface area contributed by atoms with Gasteiger partial charge in [0.05, 0.1) is 0 Å². The molecule has 1 aliphatic rings. The van der Waals surface area contributed by atoms with Crippen molar-refractivity contribution in [3.8, 4) is 11.5 Å². The Morgan fingerprint density at radius 1 is 0.760 bits per heavy atom. The molecule has 0 bridgehead atoms. The number of hydrogen-bond donors (Lipinski definition) is 2. The molecule has 0 radical (unpaired) electrons. The van der Waals surface area contributed by atoms with E-state index in [9.17, 15) is 10.2 Å². The number of phenolic OH excluding ortho intramolecular Hbond substituents is 2. The van der Waals surface area contributed by atoms with E-state index in [0.29, 0.717) is 17.4 Å². The van der Waals surface area contributed by atoms with Crippen molar-refractivity contribution in [2.75, 3.05) is 0 Å². The fourth-order valence-corrected chi connectivity index (χ4v) is 4.74. The Bertz CT molecular complexity index is 623. The highest BCUT2D eigenvalue weighted by molar-refractivity contribution is 5.44. The van der Waals surface area contributed by atoms with Crippen LogP contribution in [0.5, 0.6) is 11.5 Å². The van der Waals surface area contributed by atoms with Gasteiger partial charge in [0, 0.05) is 5.41 Å². The Kier molecular flexibility index (Phi) is 5.82. The number of hydrogen-bond acceptors (Lipinski definition) is 2. The first kappa shape index (κ1) is 19.4. The average molecular weight is 341 g/mol. The Morgan fingerprint density at radius 3 is 1.52 bits per heavy atom. The van der Waals surface area contributed by atoms with Crippen LogP contribution in [-0.2, 0) is 5.41 Å². The van der Waals surface area contributed by atoms with E-state index < -0.39 is 0 Å². The predicted molar refractivity (Wildman–Crippen MR) is 105 cm³/mol. The molecule has 1 atom stereocenters. The van der Waals surface area contributed by atoms with E-state index in [1.54, 1.807) is 24.3 Å². The molecule has 2 N–H and O–H groups in total. The maximum absolute atomic E-state index is 9.67. The standard InChI is InChI=1S/C21H26O2.C2H6/c1-15-12-20(2,3)14-21(13-15,16-4-8-18(22)9-5-16)17-6-10-19(23)11-7-17;1-2/h4-11,15,22-23H,12-14H2,1-3H3;1-2H3. The van der Waals surface area contributed by atoms with E-state index >= 15 is 0 Å². The molecule has 1 unspecified atom stereocenters. The lowest BCUT2D eigenvalue weighted by Crippen LogP contribution is -2.41. The third-order valence-corrected chi connectivity index (χ3v) is 5.22. The summed E-state index contributed by atoms with van der Waals surface area (Å²) in [6.07, 6.45) is 3.39. The van der Waals surface area contributed by atoms with Crippen LogP contribution >= 0.6 is 0 Å².